The summed E-state index contributed by atoms with van der Waals surface area (Å²) in [7, 11) is -3.89. The SMILES string of the molecule is CC(C)C[C@@H](NS(=O)(=O)c1ccccc1)C(=O)N1CCC[C@H]1C(=O)NCc1ccc(C#N)cc1. The third kappa shape index (κ3) is 6.43. The Bertz CT molecular complexity index is 1140. The summed E-state index contributed by atoms with van der Waals surface area (Å²) in [6.45, 7) is 4.51. The average Bonchev–Trinajstić information content (AvgIpc) is 3.32. The lowest BCUT2D eigenvalue weighted by molar-refractivity contribution is -0.140. The molecule has 9 heteroatoms. The Kier molecular flexibility index (Phi) is 8.42. The standard InChI is InChI=1S/C25H30N4O4S/c1-18(2)15-22(28-34(32,33)21-7-4-3-5-8-21)25(31)29-14-6-9-23(29)24(30)27-17-20-12-10-19(16-26)11-13-20/h3-5,7-8,10-13,18,22-23,28H,6,9,14-15,17H2,1-2H3,(H,27,30)/t22-,23+/m1/s1. The van der Waals surface area contributed by atoms with Gasteiger partial charge >= 0.3 is 0 Å². The maximum Gasteiger partial charge on any atom is 0.243 e. The molecule has 1 fully saturated rings. The van der Waals surface area contributed by atoms with Crippen LogP contribution in [0.25, 0.3) is 0 Å². The number of hydrogen-bond donors (Lipinski definition) is 2. The lowest BCUT2D eigenvalue weighted by atomic mass is 10.0. The van der Waals surface area contributed by atoms with Crippen LogP contribution in [0.4, 0.5) is 0 Å². The monoisotopic (exact) mass is 482 g/mol. The summed E-state index contributed by atoms with van der Waals surface area (Å²) < 4.78 is 28.3. The number of nitriles is 1. The normalized spacial score (nSPS) is 16.8. The van der Waals surface area contributed by atoms with E-state index in [1.54, 1.807) is 42.5 Å². The van der Waals surface area contributed by atoms with Gasteiger partial charge in [0.05, 0.1) is 16.5 Å². The molecule has 8 nitrogen and oxygen atoms in total. The molecule has 3 rings (SSSR count). The molecular formula is C25H30N4O4S. The number of rotatable bonds is 9. The second-order valence-electron chi connectivity index (χ2n) is 8.83. The van der Waals surface area contributed by atoms with Gasteiger partial charge in [-0.1, -0.05) is 44.2 Å². The average molecular weight is 483 g/mol. The molecule has 0 radical (unpaired) electrons. The topological polar surface area (TPSA) is 119 Å². The van der Waals surface area contributed by atoms with Crippen molar-refractivity contribution in [3.63, 3.8) is 0 Å². The molecule has 2 amide bonds. The Morgan fingerprint density at radius 3 is 2.41 bits per heavy atom. The van der Waals surface area contributed by atoms with Crippen LogP contribution in [0.2, 0.25) is 0 Å². The molecule has 1 saturated heterocycles. The predicted molar refractivity (Wildman–Crippen MR) is 128 cm³/mol. The maximum atomic E-state index is 13.4. The Balaban J connectivity index is 1.70. The van der Waals surface area contributed by atoms with Gasteiger partial charge in [-0.2, -0.15) is 9.98 Å². The minimum atomic E-state index is -3.89. The highest BCUT2D eigenvalue weighted by Crippen LogP contribution is 2.22. The van der Waals surface area contributed by atoms with Crippen molar-refractivity contribution in [1.82, 2.24) is 14.9 Å². The van der Waals surface area contributed by atoms with Crippen LogP contribution < -0.4 is 10.0 Å². The lowest BCUT2D eigenvalue weighted by Crippen LogP contribution is -2.53. The summed E-state index contributed by atoms with van der Waals surface area (Å²) in [6.07, 6.45) is 1.51. The van der Waals surface area contributed by atoms with E-state index in [0.717, 1.165) is 5.56 Å². The van der Waals surface area contributed by atoms with Crippen LogP contribution in [-0.4, -0.2) is 43.8 Å². The third-order valence-electron chi connectivity index (χ3n) is 5.74. The molecule has 34 heavy (non-hydrogen) atoms. The van der Waals surface area contributed by atoms with E-state index in [1.165, 1.54) is 17.0 Å². The minimum Gasteiger partial charge on any atom is -0.350 e. The fourth-order valence-electron chi connectivity index (χ4n) is 4.03. The van der Waals surface area contributed by atoms with Gasteiger partial charge in [-0.05, 0) is 55.0 Å². The van der Waals surface area contributed by atoms with Crippen LogP contribution in [0.3, 0.4) is 0 Å². The van der Waals surface area contributed by atoms with Crippen LogP contribution in [-0.2, 0) is 26.2 Å². The van der Waals surface area contributed by atoms with Crippen LogP contribution in [0, 0.1) is 17.2 Å². The van der Waals surface area contributed by atoms with Crippen molar-refractivity contribution < 1.29 is 18.0 Å². The molecule has 2 aromatic rings. The number of sulfonamides is 1. The summed E-state index contributed by atoms with van der Waals surface area (Å²) >= 11 is 0. The summed E-state index contributed by atoms with van der Waals surface area (Å²) in [4.78, 5) is 27.9. The largest absolute Gasteiger partial charge is 0.350 e. The van der Waals surface area contributed by atoms with Crippen molar-refractivity contribution in [2.75, 3.05) is 6.54 Å². The molecule has 2 aromatic carbocycles. The lowest BCUT2D eigenvalue weighted by Gasteiger charge is -2.29. The fraction of sp³-hybridized carbons (Fsp3) is 0.400. The van der Waals surface area contributed by atoms with E-state index < -0.39 is 22.1 Å². The van der Waals surface area contributed by atoms with Crippen LogP contribution in [0.5, 0.6) is 0 Å². The van der Waals surface area contributed by atoms with Crippen molar-refractivity contribution in [2.24, 2.45) is 5.92 Å². The summed E-state index contributed by atoms with van der Waals surface area (Å²) in [6, 6.07) is 15.3. The van der Waals surface area contributed by atoms with E-state index in [1.807, 2.05) is 13.8 Å². The number of nitrogens with one attached hydrogen (secondary N) is 2. The van der Waals surface area contributed by atoms with Gasteiger partial charge in [0.15, 0.2) is 0 Å². The Hall–Kier alpha value is -3.22. The molecule has 0 spiro atoms. The summed E-state index contributed by atoms with van der Waals surface area (Å²) in [5.41, 5.74) is 1.38. The van der Waals surface area contributed by atoms with Gasteiger partial charge < -0.3 is 10.2 Å². The molecule has 0 saturated carbocycles. The quantitative estimate of drug-likeness (QED) is 0.569. The first-order chi connectivity index (χ1) is 16.2. The van der Waals surface area contributed by atoms with E-state index in [2.05, 4.69) is 16.1 Å². The number of nitrogens with zero attached hydrogens (tertiary/aromatic N) is 2. The first-order valence-electron chi connectivity index (χ1n) is 11.4. The first kappa shape index (κ1) is 25.4. The van der Waals surface area contributed by atoms with E-state index in [0.29, 0.717) is 31.4 Å². The van der Waals surface area contributed by atoms with Crippen molar-refractivity contribution in [3.05, 3.63) is 65.7 Å². The van der Waals surface area contributed by atoms with Gasteiger partial charge in [-0.3, -0.25) is 9.59 Å². The molecule has 1 aliphatic rings. The van der Waals surface area contributed by atoms with Gasteiger partial charge in [0, 0.05) is 13.1 Å². The maximum absolute atomic E-state index is 13.4. The van der Waals surface area contributed by atoms with Gasteiger partial charge in [0.2, 0.25) is 21.8 Å². The number of benzene rings is 2. The van der Waals surface area contributed by atoms with E-state index in [-0.39, 0.29) is 29.2 Å². The molecular weight excluding hydrogens is 452 g/mol. The highest BCUT2D eigenvalue weighted by Gasteiger charge is 2.38. The zero-order chi connectivity index (χ0) is 24.7. The van der Waals surface area contributed by atoms with Crippen molar-refractivity contribution in [3.8, 4) is 6.07 Å². The van der Waals surface area contributed by atoms with Crippen LogP contribution >= 0.6 is 0 Å². The molecule has 0 aliphatic carbocycles. The second-order valence-corrected chi connectivity index (χ2v) is 10.5. The van der Waals surface area contributed by atoms with E-state index in [9.17, 15) is 18.0 Å². The molecule has 1 heterocycles. The predicted octanol–water partition coefficient (Wildman–Crippen LogP) is 2.56. The third-order valence-corrected chi connectivity index (χ3v) is 7.23. The Morgan fingerprint density at radius 2 is 1.79 bits per heavy atom. The van der Waals surface area contributed by atoms with Crippen LogP contribution in [0.1, 0.15) is 44.2 Å². The van der Waals surface area contributed by atoms with Crippen molar-refractivity contribution >= 4 is 21.8 Å². The highest BCUT2D eigenvalue weighted by molar-refractivity contribution is 7.89. The molecule has 0 unspecified atom stereocenters. The Labute approximate surface area is 201 Å². The summed E-state index contributed by atoms with van der Waals surface area (Å²) in [5.74, 6) is -0.590. The minimum absolute atomic E-state index is 0.0682. The molecule has 180 valence electrons. The van der Waals surface area contributed by atoms with Gasteiger partial charge in [-0.25, -0.2) is 8.42 Å². The van der Waals surface area contributed by atoms with Crippen molar-refractivity contribution in [2.45, 2.75) is 56.6 Å². The molecule has 1 aliphatic heterocycles. The molecule has 2 atom stereocenters. The van der Waals surface area contributed by atoms with Crippen molar-refractivity contribution in [1.29, 1.82) is 5.26 Å². The zero-order valence-electron chi connectivity index (χ0n) is 19.4. The van der Waals surface area contributed by atoms with E-state index >= 15 is 0 Å². The van der Waals surface area contributed by atoms with Gasteiger partial charge in [0.25, 0.3) is 0 Å². The molecule has 0 aromatic heterocycles. The highest BCUT2D eigenvalue weighted by atomic mass is 32.2. The smallest absolute Gasteiger partial charge is 0.243 e. The first-order valence-corrected chi connectivity index (χ1v) is 12.8. The molecule has 2 N–H and O–H groups in total. The van der Waals surface area contributed by atoms with Gasteiger partial charge in [-0.15, -0.1) is 0 Å². The van der Waals surface area contributed by atoms with Gasteiger partial charge in [0.1, 0.15) is 12.1 Å². The number of likely N-dealkylation sites (tertiary alicyclic amines) is 1. The number of amides is 2. The number of carbonyl (C=O) groups excluding carboxylic acids is 2. The summed E-state index contributed by atoms with van der Waals surface area (Å²) in [5, 5.41) is 11.8. The fourth-order valence-corrected chi connectivity index (χ4v) is 5.26. The number of hydrogen-bond acceptors (Lipinski definition) is 5. The molecule has 0 bridgehead atoms. The van der Waals surface area contributed by atoms with Crippen LogP contribution in [0.15, 0.2) is 59.5 Å². The zero-order valence-corrected chi connectivity index (χ0v) is 20.2. The number of carbonyl (C=O) groups is 2. The Morgan fingerprint density at radius 1 is 1.12 bits per heavy atom. The second kappa shape index (κ2) is 11.3. The van der Waals surface area contributed by atoms with E-state index in [4.69, 9.17) is 5.26 Å².